The van der Waals surface area contributed by atoms with E-state index in [9.17, 15) is 0 Å². The molecular formula is C13H10ClO. The van der Waals surface area contributed by atoms with E-state index in [1.807, 2.05) is 48.5 Å². The molecule has 0 unspecified atom stereocenters. The summed E-state index contributed by atoms with van der Waals surface area (Å²) < 4.78 is 5.56. The molecule has 0 amide bonds. The Morgan fingerprint density at radius 1 is 1.07 bits per heavy atom. The summed E-state index contributed by atoms with van der Waals surface area (Å²) in [5, 5.41) is 0.716. The molecule has 0 aliphatic rings. The molecule has 0 aliphatic heterocycles. The second-order valence-electron chi connectivity index (χ2n) is 3.13. The number of halogens is 1. The number of hydrogen-bond donors (Lipinski definition) is 0. The van der Waals surface area contributed by atoms with Crippen molar-refractivity contribution >= 4 is 11.6 Å². The molecule has 2 rings (SSSR count). The maximum atomic E-state index is 5.77. The van der Waals surface area contributed by atoms with Gasteiger partial charge in [-0.15, -0.1) is 0 Å². The first kappa shape index (κ1) is 10.1. The summed E-state index contributed by atoms with van der Waals surface area (Å²) in [6.45, 7) is 0.530. The van der Waals surface area contributed by atoms with E-state index in [0.29, 0.717) is 11.6 Å². The summed E-state index contributed by atoms with van der Waals surface area (Å²) in [5.74, 6) is 0.816. The molecule has 2 heteroatoms. The van der Waals surface area contributed by atoms with Crippen LogP contribution in [0.4, 0.5) is 0 Å². The van der Waals surface area contributed by atoms with E-state index >= 15 is 0 Å². The SMILES string of the molecule is Clc1ccc(OCc2[c]cccc2)cc1. The molecule has 0 atom stereocenters. The van der Waals surface area contributed by atoms with Gasteiger partial charge in [-0.05, 0) is 35.9 Å². The molecule has 0 spiro atoms. The van der Waals surface area contributed by atoms with Crippen LogP contribution in [-0.2, 0) is 6.61 Å². The molecule has 0 saturated carbocycles. The summed E-state index contributed by atoms with van der Waals surface area (Å²) in [7, 11) is 0. The van der Waals surface area contributed by atoms with E-state index in [4.69, 9.17) is 16.3 Å². The lowest BCUT2D eigenvalue weighted by atomic mass is 10.2. The fourth-order valence-electron chi connectivity index (χ4n) is 1.21. The number of ether oxygens (including phenoxy) is 1. The third kappa shape index (κ3) is 3.00. The second-order valence-corrected chi connectivity index (χ2v) is 3.57. The first-order valence-electron chi connectivity index (χ1n) is 4.68. The number of benzene rings is 2. The van der Waals surface area contributed by atoms with Crippen molar-refractivity contribution in [2.75, 3.05) is 0 Å². The van der Waals surface area contributed by atoms with E-state index in [-0.39, 0.29) is 0 Å². The van der Waals surface area contributed by atoms with Crippen molar-refractivity contribution in [3.8, 4) is 5.75 Å². The second kappa shape index (κ2) is 4.85. The Labute approximate surface area is 94.3 Å². The zero-order chi connectivity index (χ0) is 10.5. The lowest BCUT2D eigenvalue weighted by molar-refractivity contribution is 0.306. The average molecular weight is 218 g/mol. The van der Waals surface area contributed by atoms with Gasteiger partial charge in [0.25, 0.3) is 0 Å². The lowest BCUT2D eigenvalue weighted by Gasteiger charge is -2.05. The third-order valence-electron chi connectivity index (χ3n) is 1.98. The van der Waals surface area contributed by atoms with Crippen LogP contribution in [0.5, 0.6) is 5.75 Å². The van der Waals surface area contributed by atoms with Crippen molar-refractivity contribution in [1.82, 2.24) is 0 Å². The van der Waals surface area contributed by atoms with Crippen molar-refractivity contribution in [2.45, 2.75) is 6.61 Å². The van der Waals surface area contributed by atoms with Crippen molar-refractivity contribution in [3.63, 3.8) is 0 Å². The maximum Gasteiger partial charge on any atom is 0.119 e. The van der Waals surface area contributed by atoms with Gasteiger partial charge >= 0.3 is 0 Å². The van der Waals surface area contributed by atoms with Crippen LogP contribution in [0.3, 0.4) is 0 Å². The highest BCUT2D eigenvalue weighted by Crippen LogP contribution is 2.16. The molecule has 0 aromatic heterocycles. The molecule has 15 heavy (non-hydrogen) atoms. The minimum absolute atomic E-state index is 0.530. The topological polar surface area (TPSA) is 9.23 Å². The van der Waals surface area contributed by atoms with Crippen LogP contribution in [0.25, 0.3) is 0 Å². The molecule has 1 radical (unpaired) electrons. The van der Waals surface area contributed by atoms with Gasteiger partial charge < -0.3 is 4.74 Å². The van der Waals surface area contributed by atoms with Crippen LogP contribution in [0.2, 0.25) is 5.02 Å². The van der Waals surface area contributed by atoms with E-state index in [1.165, 1.54) is 0 Å². The molecule has 2 aromatic rings. The normalized spacial score (nSPS) is 9.93. The Morgan fingerprint density at radius 3 is 2.53 bits per heavy atom. The molecule has 0 heterocycles. The fraction of sp³-hybridized carbons (Fsp3) is 0.0769. The zero-order valence-electron chi connectivity index (χ0n) is 8.11. The Morgan fingerprint density at radius 2 is 1.87 bits per heavy atom. The summed E-state index contributed by atoms with van der Waals surface area (Å²) >= 11 is 5.77. The van der Waals surface area contributed by atoms with Crippen LogP contribution >= 0.6 is 11.6 Å². The van der Waals surface area contributed by atoms with Gasteiger partial charge in [0.15, 0.2) is 0 Å². The van der Waals surface area contributed by atoms with Crippen molar-refractivity contribution < 1.29 is 4.74 Å². The highest BCUT2D eigenvalue weighted by molar-refractivity contribution is 6.30. The van der Waals surface area contributed by atoms with Crippen molar-refractivity contribution in [2.24, 2.45) is 0 Å². The maximum absolute atomic E-state index is 5.77. The van der Waals surface area contributed by atoms with Gasteiger partial charge in [0.1, 0.15) is 12.4 Å². The lowest BCUT2D eigenvalue weighted by Crippen LogP contribution is -1.94. The van der Waals surface area contributed by atoms with Crippen molar-refractivity contribution in [1.29, 1.82) is 0 Å². The summed E-state index contributed by atoms with van der Waals surface area (Å²) in [6, 6.07) is 18.2. The van der Waals surface area contributed by atoms with Gasteiger partial charge in [-0.1, -0.05) is 35.9 Å². The van der Waals surface area contributed by atoms with Gasteiger partial charge in [0.2, 0.25) is 0 Å². The smallest absolute Gasteiger partial charge is 0.119 e. The Kier molecular flexibility index (Phi) is 3.25. The first-order chi connectivity index (χ1) is 7.34. The van der Waals surface area contributed by atoms with Gasteiger partial charge in [-0.3, -0.25) is 0 Å². The molecule has 0 N–H and O–H groups in total. The Bertz CT molecular complexity index is 408. The predicted molar refractivity (Wildman–Crippen MR) is 61.1 cm³/mol. The predicted octanol–water partition coefficient (Wildman–Crippen LogP) is 3.72. The number of hydrogen-bond acceptors (Lipinski definition) is 1. The van der Waals surface area contributed by atoms with Crippen LogP contribution in [0.15, 0.2) is 48.5 Å². The summed E-state index contributed by atoms with van der Waals surface area (Å²) in [5.41, 5.74) is 1.03. The highest BCUT2D eigenvalue weighted by atomic mass is 35.5. The van der Waals surface area contributed by atoms with E-state index in [2.05, 4.69) is 6.07 Å². The van der Waals surface area contributed by atoms with E-state index < -0.39 is 0 Å². The summed E-state index contributed by atoms with van der Waals surface area (Å²) in [4.78, 5) is 0. The standard InChI is InChI=1S/C13H10ClO/c14-12-6-8-13(9-7-12)15-10-11-4-2-1-3-5-11/h1-4,6-9H,10H2. The largest absolute Gasteiger partial charge is 0.489 e. The van der Waals surface area contributed by atoms with Crippen LogP contribution < -0.4 is 4.74 Å². The molecule has 1 nitrogen and oxygen atoms in total. The van der Waals surface area contributed by atoms with Crippen molar-refractivity contribution in [3.05, 3.63) is 65.2 Å². The van der Waals surface area contributed by atoms with E-state index in [0.717, 1.165) is 11.3 Å². The summed E-state index contributed by atoms with van der Waals surface area (Å²) in [6.07, 6.45) is 0. The van der Waals surface area contributed by atoms with E-state index in [1.54, 1.807) is 0 Å². The van der Waals surface area contributed by atoms with Gasteiger partial charge in [-0.25, -0.2) is 0 Å². The Hall–Kier alpha value is -1.47. The molecule has 0 bridgehead atoms. The Balaban J connectivity index is 1.96. The third-order valence-corrected chi connectivity index (χ3v) is 2.23. The highest BCUT2D eigenvalue weighted by Gasteiger charge is 1.95. The fourth-order valence-corrected chi connectivity index (χ4v) is 1.34. The molecular weight excluding hydrogens is 208 g/mol. The minimum atomic E-state index is 0.530. The quantitative estimate of drug-likeness (QED) is 0.762. The minimum Gasteiger partial charge on any atom is -0.489 e. The molecule has 0 aliphatic carbocycles. The average Bonchev–Trinajstić information content (AvgIpc) is 2.30. The van der Waals surface area contributed by atoms with Crippen LogP contribution in [-0.4, -0.2) is 0 Å². The molecule has 2 aromatic carbocycles. The first-order valence-corrected chi connectivity index (χ1v) is 5.06. The molecule has 0 fully saturated rings. The van der Waals surface area contributed by atoms with Gasteiger partial charge in [-0.2, -0.15) is 0 Å². The van der Waals surface area contributed by atoms with Gasteiger partial charge in [0.05, 0.1) is 0 Å². The van der Waals surface area contributed by atoms with Gasteiger partial charge in [0, 0.05) is 5.02 Å². The monoisotopic (exact) mass is 217 g/mol. The molecule has 0 saturated heterocycles. The number of rotatable bonds is 3. The molecule has 75 valence electrons. The van der Waals surface area contributed by atoms with Crippen LogP contribution in [0.1, 0.15) is 5.56 Å². The zero-order valence-corrected chi connectivity index (χ0v) is 8.87. The van der Waals surface area contributed by atoms with Crippen LogP contribution in [0, 0.1) is 6.07 Å².